The van der Waals surface area contributed by atoms with Crippen LogP contribution in [-0.4, -0.2) is 32.1 Å². The summed E-state index contributed by atoms with van der Waals surface area (Å²) in [7, 11) is 4.13. The molecule has 0 bridgehead atoms. The normalized spacial score (nSPS) is 13.8. The topological polar surface area (TPSA) is 15.3 Å². The largest absolute Gasteiger partial charge is 0.313 e. The molecule has 1 aromatic carbocycles. The summed E-state index contributed by atoms with van der Waals surface area (Å²) >= 11 is 12.4. The van der Waals surface area contributed by atoms with Gasteiger partial charge >= 0.3 is 0 Å². The fourth-order valence-corrected chi connectivity index (χ4v) is 2.92. The van der Waals surface area contributed by atoms with E-state index in [9.17, 15) is 0 Å². The van der Waals surface area contributed by atoms with Crippen molar-refractivity contribution in [2.24, 2.45) is 5.41 Å². The summed E-state index contributed by atoms with van der Waals surface area (Å²) in [6.45, 7) is 8.87. The molecule has 1 atom stereocenters. The molecule has 0 aliphatic carbocycles. The minimum atomic E-state index is 0.226. The van der Waals surface area contributed by atoms with Crippen LogP contribution in [0.5, 0.6) is 0 Å². The van der Waals surface area contributed by atoms with E-state index in [1.54, 1.807) is 0 Å². The average Bonchev–Trinajstić information content (AvgIpc) is 2.32. The molecule has 1 unspecified atom stereocenters. The van der Waals surface area contributed by atoms with Crippen LogP contribution in [0, 0.1) is 5.41 Å². The first kappa shape index (κ1) is 17.8. The number of nitrogens with one attached hydrogen (secondary N) is 1. The van der Waals surface area contributed by atoms with E-state index in [4.69, 9.17) is 23.2 Å². The highest BCUT2D eigenvalue weighted by Gasteiger charge is 2.17. The Morgan fingerprint density at radius 3 is 2.45 bits per heavy atom. The highest BCUT2D eigenvalue weighted by molar-refractivity contribution is 6.42. The highest BCUT2D eigenvalue weighted by Crippen LogP contribution is 2.31. The first-order valence-corrected chi connectivity index (χ1v) is 7.80. The van der Waals surface area contributed by atoms with Crippen molar-refractivity contribution in [1.29, 1.82) is 0 Å². The van der Waals surface area contributed by atoms with Crippen molar-refractivity contribution in [2.45, 2.75) is 33.2 Å². The standard InChI is InChI=1S/C16H26Cl2N2/c1-16(2,3)11-20(5)10-9-14(19-4)12-7-6-8-13(17)15(12)18/h6-8,14,19H,9-11H2,1-5H3. The Hall–Kier alpha value is -0.280. The molecule has 0 fully saturated rings. The van der Waals surface area contributed by atoms with Crippen LogP contribution in [0.15, 0.2) is 18.2 Å². The molecule has 0 aromatic heterocycles. The van der Waals surface area contributed by atoms with Gasteiger partial charge in [-0.1, -0.05) is 56.1 Å². The summed E-state index contributed by atoms with van der Waals surface area (Å²) in [6, 6.07) is 6.04. The predicted octanol–water partition coefficient (Wildman–Crippen LogP) is 4.62. The number of hydrogen-bond donors (Lipinski definition) is 1. The summed E-state index contributed by atoms with van der Waals surface area (Å²) in [5.74, 6) is 0. The van der Waals surface area contributed by atoms with Gasteiger partial charge < -0.3 is 10.2 Å². The van der Waals surface area contributed by atoms with Crippen LogP contribution >= 0.6 is 23.2 Å². The lowest BCUT2D eigenvalue weighted by Gasteiger charge is -2.28. The van der Waals surface area contributed by atoms with Crippen molar-refractivity contribution < 1.29 is 0 Å². The molecule has 0 saturated carbocycles. The van der Waals surface area contributed by atoms with E-state index in [-0.39, 0.29) is 6.04 Å². The van der Waals surface area contributed by atoms with E-state index in [0.717, 1.165) is 25.1 Å². The van der Waals surface area contributed by atoms with Crippen molar-refractivity contribution in [3.05, 3.63) is 33.8 Å². The number of halogens is 2. The summed E-state index contributed by atoms with van der Waals surface area (Å²) in [4.78, 5) is 2.36. The second-order valence-corrected chi connectivity index (χ2v) is 7.36. The lowest BCUT2D eigenvalue weighted by molar-refractivity contribution is 0.218. The fourth-order valence-electron chi connectivity index (χ4n) is 2.48. The Morgan fingerprint density at radius 1 is 1.25 bits per heavy atom. The molecule has 0 aliphatic rings. The fraction of sp³-hybridized carbons (Fsp3) is 0.625. The van der Waals surface area contributed by atoms with Crippen LogP contribution in [0.1, 0.15) is 38.8 Å². The maximum absolute atomic E-state index is 6.30. The van der Waals surface area contributed by atoms with Gasteiger partial charge in [-0.05, 0) is 44.1 Å². The molecule has 2 nitrogen and oxygen atoms in total. The van der Waals surface area contributed by atoms with Gasteiger partial charge in [-0.25, -0.2) is 0 Å². The van der Waals surface area contributed by atoms with Gasteiger partial charge in [0.15, 0.2) is 0 Å². The summed E-state index contributed by atoms with van der Waals surface area (Å²) in [5, 5.41) is 4.61. The van der Waals surface area contributed by atoms with Gasteiger partial charge in [0.25, 0.3) is 0 Å². The zero-order valence-corrected chi connectivity index (χ0v) is 14.6. The minimum Gasteiger partial charge on any atom is -0.313 e. The summed E-state index contributed by atoms with van der Waals surface area (Å²) < 4.78 is 0. The van der Waals surface area contributed by atoms with Crippen molar-refractivity contribution in [1.82, 2.24) is 10.2 Å². The Morgan fingerprint density at radius 2 is 1.90 bits per heavy atom. The molecule has 20 heavy (non-hydrogen) atoms. The smallest absolute Gasteiger partial charge is 0.0640 e. The maximum Gasteiger partial charge on any atom is 0.0640 e. The van der Waals surface area contributed by atoms with E-state index in [1.165, 1.54) is 0 Å². The van der Waals surface area contributed by atoms with Gasteiger partial charge in [0, 0.05) is 12.6 Å². The zero-order chi connectivity index (χ0) is 15.3. The second kappa shape index (κ2) is 7.65. The van der Waals surface area contributed by atoms with E-state index >= 15 is 0 Å². The third-order valence-electron chi connectivity index (χ3n) is 3.25. The van der Waals surface area contributed by atoms with Gasteiger partial charge in [0.2, 0.25) is 0 Å². The maximum atomic E-state index is 6.30. The first-order valence-electron chi connectivity index (χ1n) is 7.04. The number of hydrogen-bond acceptors (Lipinski definition) is 2. The lowest BCUT2D eigenvalue weighted by Crippen LogP contribution is -2.32. The average molecular weight is 317 g/mol. The van der Waals surface area contributed by atoms with Gasteiger partial charge in [0.05, 0.1) is 10.0 Å². The number of rotatable bonds is 6. The van der Waals surface area contributed by atoms with E-state index in [2.05, 4.69) is 38.0 Å². The predicted molar refractivity (Wildman–Crippen MR) is 89.8 cm³/mol. The zero-order valence-electron chi connectivity index (χ0n) is 13.1. The molecule has 0 spiro atoms. The second-order valence-electron chi connectivity index (χ2n) is 6.57. The molecule has 0 aliphatic heterocycles. The van der Waals surface area contributed by atoms with Crippen molar-refractivity contribution >= 4 is 23.2 Å². The highest BCUT2D eigenvalue weighted by atomic mass is 35.5. The van der Waals surface area contributed by atoms with Crippen molar-refractivity contribution in [3.63, 3.8) is 0 Å². The third-order valence-corrected chi connectivity index (χ3v) is 4.08. The molecular formula is C16H26Cl2N2. The molecular weight excluding hydrogens is 291 g/mol. The van der Waals surface area contributed by atoms with Crippen LogP contribution in [0.25, 0.3) is 0 Å². The number of nitrogens with zero attached hydrogens (tertiary/aromatic N) is 1. The van der Waals surface area contributed by atoms with Crippen LogP contribution in [0.2, 0.25) is 10.0 Å². The third kappa shape index (κ3) is 5.61. The van der Waals surface area contributed by atoms with Gasteiger partial charge in [-0.15, -0.1) is 0 Å². The Kier molecular flexibility index (Phi) is 6.80. The monoisotopic (exact) mass is 316 g/mol. The lowest BCUT2D eigenvalue weighted by atomic mass is 9.96. The molecule has 0 saturated heterocycles. The molecule has 1 N–H and O–H groups in total. The molecule has 0 radical (unpaired) electrons. The Balaban J connectivity index is 2.66. The SMILES string of the molecule is CNC(CCN(C)CC(C)(C)C)c1cccc(Cl)c1Cl. The molecule has 1 rings (SSSR count). The first-order chi connectivity index (χ1) is 9.24. The van der Waals surface area contributed by atoms with Crippen LogP contribution in [0.4, 0.5) is 0 Å². The molecule has 0 amide bonds. The van der Waals surface area contributed by atoms with E-state index in [1.807, 2.05) is 25.2 Å². The Bertz CT molecular complexity index is 427. The van der Waals surface area contributed by atoms with E-state index < -0.39 is 0 Å². The molecule has 4 heteroatoms. The van der Waals surface area contributed by atoms with E-state index in [0.29, 0.717) is 15.5 Å². The van der Waals surface area contributed by atoms with Crippen LogP contribution in [0.3, 0.4) is 0 Å². The van der Waals surface area contributed by atoms with Crippen LogP contribution in [-0.2, 0) is 0 Å². The van der Waals surface area contributed by atoms with Crippen LogP contribution < -0.4 is 5.32 Å². The summed E-state index contributed by atoms with van der Waals surface area (Å²) in [5.41, 5.74) is 1.39. The van der Waals surface area contributed by atoms with Gasteiger partial charge in [-0.3, -0.25) is 0 Å². The Labute approximate surface area is 133 Å². The molecule has 114 valence electrons. The molecule has 0 heterocycles. The minimum absolute atomic E-state index is 0.226. The summed E-state index contributed by atoms with van der Waals surface area (Å²) in [6.07, 6.45) is 1.00. The van der Waals surface area contributed by atoms with Crippen molar-refractivity contribution in [3.8, 4) is 0 Å². The van der Waals surface area contributed by atoms with Crippen molar-refractivity contribution in [2.75, 3.05) is 27.2 Å². The van der Waals surface area contributed by atoms with Gasteiger partial charge in [0.1, 0.15) is 0 Å². The molecule has 1 aromatic rings. The number of benzene rings is 1. The van der Waals surface area contributed by atoms with Gasteiger partial charge in [-0.2, -0.15) is 0 Å². The quantitative estimate of drug-likeness (QED) is 0.823.